The minimum Gasteiger partial charge on any atom is -0.371 e. The fourth-order valence-electron chi connectivity index (χ4n) is 2.79. The number of hydrogen-bond acceptors (Lipinski definition) is 3. The Morgan fingerprint density at radius 2 is 2.16 bits per heavy atom. The van der Waals surface area contributed by atoms with Crippen molar-refractivity contribution in [3.63, 3.8) is 0 Å². The van der Waals surface area contributed by atoms with Gasteiger partial charge < -0.3 is 11.1 Å². The first kappa shape index (κ1) is 12.6. The number of fused-ring (bicyclic) bond motifs is 4. The molecule has 3 N–H and O–H groups in total. The van der Waals surface area contributed by atoms with Gasteiger partial charge in [-0.1, -0.05) is 17.8 Å². The van der Waals surface area contributed by atoms with Gasteiger partial charge in [-0.05, 0) is 11.5 Å². The van der Waals surface area contributed by atoms with E-state index in [0.717, 1.165) is 17.8 Å². The maximum Gasteiger partial charge on any atom is 0.416 e. The summed E-state index contributed by atoms with van der Waals surface area (Å²) >= 11 is 1.05. The predicted molar refractivity (Wildman–Crippen MR) is 61.3 cm³/mol. The summed E-state index contributed by atoms with van der Waals surface area (Å²) in [5.74, 6) is -1.11. The summed E-state index contributed by atoms with van der Waals surface area (Å²) in [5.41, 5.74) is 2.05. The van der Waals surface area contributed by atoms with Gasteiger partial charge in [-0.25, -0.2) is 4.39 Å². The van der Waals surface area contributed by atoms with Crippen molar-refractivity contribution in [2.24, 2.45) is 11.1 Å². The highest BCUT2D eigenvalue weighted by atomic mass is 32.2. The molecule has 1 aliphatic heterocycles. The van der Waals surface area contributed by atoms with Crippen LogP contribution in [0.15, 0.2) is 34.9 Å². The lowest BCUT2D eigenvalue weighted by Crippen LogP contribution is -2.75. The Kier molecular flexibility index (Phi) is 2.22. The summed E-state index contributed by atoms with van der Waals surface area (Å²) in [5, 5.41) is 4.32. The number of alkyl halides is 4. The van der Waals surface area contributed by atoms with E-state index >= 15 is 0 Å². The maximum absolute atomic E-state index is 14.1. The molecule has 102 valence electrons. The fourth-order valence-corrected chi connectivity index (χ4v) is 4.02. The third-order valence-corrected chi connectivity index (χ3v) is 5.01. The minimum absolute atomic E-state index is 0.101. The van der Waals surface area contributed by atoms with E-state index in [2.05, 4.69) is 5.32 Å². The molecule has 19 heavy (non-hydrogen) atoms. The number of halogens is 4. The van der Waals surface area contributed by atoms with Gasteiger partial charge in [-0.2, -0.15) is 13.2 Å². The SMILES string of the molecule is NC(=O)C12C=C(C(F)(F)F)C=C(C1F)C21NC=CS1. The molecule has 2 aliphatic carbocycles. The number of carbonyl (C=O) groups excluding carboxylic acids is 1. The van der Waals surface area contributed by atoms with Gasteiger partial charge in [0.25, 0.3) is 0 Å². The number of rotatable bonds is 1. The minimum atomic E-state index is -4.63. The van der Waals surface area contributed by atoms with Gasteiger partial charge in [0.2, 0.25) is 5.91 Å². The Labute approximate surface area is 109 Å². The van der Waals surface area contributed by atoms with Crippen LogP contribution in [0.4, 0.5) is 17.6 Å². The number of nitrogens with two attached hydrogens (primary N) is 1. The molecule has 0 radical (unpaired) electrons. The lowest BCUT2D eigenvalue weighted by atomic mass is 9.54. The number of primary amides is 1. The Hall–Kier alpha value is -1.44. The highest BCUT2D eigenvalue weighted by Crippen LogP contribution is 2.66. The molecule has 3 aliphatic rings. The van der Waals surface area contributed by atoms with Crippen LogP contribution >= 0.6 is 11.8 Å². The maximum atomic E-state index is 14.1. The summed E-state index contributed by atoms with van der Waals surface area (Å²) in [6.07, 6.45) is -3.63. The van der Waals surface area contributed by atoms with E-state index in [4.69, 9.17) is 5.73 Å². The summed E-state index contributed by atoms with van der Waals surface area (Å²) in [6, 6.07) is 0. The first-order chi connectivity index (χ1) is 8.76. The molecule has 0 aromatic heterocycles. The van der Waals surface area contributed by atoms with Crippen LogP contribution in [0.1, 0.15) is 0 Å². The predicted octanol–water partition coefficient (Wildman–Crippen LogP) is 1.74. The van der Waals surface area contributed by atoms with Crippen LogP contribution in [0.2, 0.25) is 0 Å². The van der Waals surface area contributed by atoms with Crippen LogP contribution in [0.5, 0.6) is 0 Å². The largest absolute Gasteiger partial charge is 0.416 e. The molecule has 1 amide bonds. The zero-order valence-corrected chi connectivity index (χ0v) is 10.1. The highest BCUT2D eigenvalue weighted by molar-refractivity contribution is 8.04. The van der Waals surface area contributed by atoms with E-state index in [1.165, 1.54) is 6.20 Å². The Morgan fingerprint density at radius 1 is 1.47 bits per heavy atom. The monoisotopic (exact) mass is 292 g/mol. The second-order valence-electron chi connectivity index (χ2n) is 4.54. The van der Waals surface area contributed by atoms with Gasteiger partial charge in [0.1, 0.15) is 16.5 Å². The van der Waals surface area contributed by atoms with Crippen LogP contribution in [-0.4, -0.2) is 23.1 Å². The van der Waals surface area contributed by atoms with Crippen molar-refractivity contribution in [1.29, 1.82) is 0 Å². The van der Waals surface area contributed by atoms with E-state index in [0.29, 0.717) is 6.08 Å². The molecule has 3 unspecified atom stereocenters. The first-order valence-electron chi connectivity index (χ1n) is 5.32. The molecule has 3 nitrogen and oxygen atoms in total. The molecule has 1 fully saturated rings. The van der Waals surface area contributed by atoms with Crippen molar-refractivity contribution in [2.75, 3.05) is 0 Å². The van der Waals surface area contributed by atoms with Crippen molar-refractivity contribution in [2.45, 2.75) is 17.2 Å². The van der Waals surface area contributed by atoms with Gasteiger partial charge in [0.05, 0.1) is 5.57 Å². The van der Waals surface area contributed by atoms with Gasteiger partial charge >= 0.3 is 6.18 Å². The normalized spacial score (nSPS) is 39.5. The average Bonchev–Trinajstić information content (AvgIpc) is 2.80. The molecular formula is C11H8F4N2OS. The van der Waals surface area contributed by atoms with Crippen molar-refractivity contribution >= 4 is 17.7 Å². The summed E-state index contributed by atoms with van der Waals surface area (Å²) in [4.78, 5) is 10.4. The highest BCUT2D eigenvalue weighted by Gasteiger charge is 2.75. The number of thioether (sulfide) groups is 1. The van der Waals surface area contributed by atoms with Gasteiger partial charge in [0.15, 0.2) is 0 Å². The number of amides is 1. The fraction of sp³-hybridized carbons (Fsp3) is 0.364. The molecule has 8 heteroatoms. The summed E-state index contributed by atoms with van der Waals surface area (Å²) < 4.78 is 52.4. The molecule has 1 spiro atoms. The third-order valence-electron chi connectivity index (χ3n) is 3.69. The molecule has 0 aromatic carbocycles. The van der Waals surface area contributed by atoms with Crippen molar-refractivity contribution in [1.82, 2.24) is 5.32 Å². The van der Waals surface area contributed by atoms with Crippen LogP contribution in [0, 0.1) is 5.41 Å². The molecule has 2 bridgehead atoms. The zero-order valence-electron chi connectivity index (χ0n) is 9.29. The van der Waals surface area contributed by atoms with E-state index in [-0.39, 0.29) is 5.57 Å². The molecule has 1 heterocycles. The second kappa shape index (κ2) is 3.36. The van der Waals surface area contributed by atoms with Crippen LogP contribution in [-0.2, 0) is 4.79 Å². The van der Waals surface area contributed by atoms with Gasteiger partial charge in [0, 0.05) is 11.8 Å². The topological polar surface area (TPSA) is 55.1 Å². The second-order valence-corrected chi connectivity index (χ2v) is 5.66. The van der Waals surface area contributed by atoms with Crippen molar-refractivity contribution in [3.8, 4) is 0 Å². The van der Waals surface area contributed by atoms with E-state index in [1.807, 2.05) is 0 Å². The van der Waals surface area contributed by atoms with Crippen molar-refractivity contribution in [3.05, 3.63) is 34.9 Å². The first-order valence-corrected chi connectivity index (χ1v) is 6.20. The Balaban J connectivity index is 2.16. The van der Waals surface area contributed by atoms with E-state index in [9.17, 15) is 22.4 Å². The van der Waals surface area contributed by atoms with Crippen LogP contribution in [0.25, 0.3) is 0 Å². The lowest BCUT2D eigenvalue weighted by Gasteiger charge is -2.59. The lowest BCUT2D eigenvalue weighted by molar-refractivity contribution is -0.135. The standard InChI is InChI=1S/C11H8F4N2OS/c12-7-6-3-5(11(13,14)15)4-9(7,8(16)18)10(6)17-1-2-19-10/h1-4,7,17H,(H2,16,18). The van der Waals surface area contributed by atoms with Crippen LogP contribution < -0.4 is 11.1 Å². The zero-order chi connectivity index (χ0) is 14.1. The number of carbonyl (C=O) groups is 1. The van der Waals surface area contributed by atoms with Crippen molar-refractivity contribution < 1.29 is 22.4 Å². The Bertz CT molecular complexity index is 558. The summed E-state index contributed by atoms with van der Waals surface area (Å²) in [7, 11) is 0. The molecular weight excluding hydrogens is 284 g/mol. The van der Waals surface area contributed by atoms with Gasteiger partial charge in [-0.15, -0.1) is 0 Å². The quantitative estimate of drug-likeness (QED) is 0.724. The Morgan fingerprint density at radius 3 is 2.63 bits per heavy atom. The van der Waals surface area contributed by atoms with E-state index < -0.39 is 34.1 Å². The molecule has 3 atom stereocenters. The van der Waals surface area contributed by atoms with Crippen LogP contribution in [0.3, 0.4) is 0 Å². The average molecular weight is 292 g/mol. The third kappa shape index (κ3) is 1.22. The number of allylic oxidation sites excluding steroid dienone is 2. The molecule has 0 aromatic rings. The smallest absolute Gasteiger partial charge is 0.371 e. The molecule has 0 saturated heterocycles. The number of hydrogen-bond donors (Lipinski definition) is 2. The molecule has 1 saturated carbocycles. The van der Waals surface area contributed by atoms with E-state index in [1.54, 1.807) is 5.41 Å². The number of nitrogens with one attached hydrogen (secondary N) is 1. The summed E-state index contributed by atoms with van der Waals surface area (Å²) in [6.45, 7) is 0. The molecule has 3 rings (SSSR count). The van der Waals surface area contributed by atoms with Gasteiger partial charge in [-0.3, -0.25) is 4.79 Å².